The number of hydrogen-bond acceptors (Lipinski definition) is 7. The lowest BCUT2D eigenvalue weighted by Crippen LogP contribution is -2.14. The van der Waals surface area contributed by atoms with Gasteiger partial charge in [0, 0.05) is 24.3 Å². The predicted molar refractivity (Wildman–Crippen MR) is 88.0 cm³/mol. The van der Waals surface area contributed by atoms with Gasteiger partial charge in [-0.25, -0.2) is 0 Å². The number of rotatable bonds is 19. The molecule has 24 heavy (non-hydrogen) atoms. The van der Waals surface area contributed by atoms with E-state index in [0.717, 1.165) is 0 Å². The second kappa shape index (κ2) is 19.8. The van der Waals surface area contributed by atoms with Crippen molar-refractivity contribution in [3.05, 3.63) is 10.4 Å². The highest BCUT2D eigenvalue weighted by Crippen LogP contribution is 1.90. The van der Waals surface area contributed by atoms with E-state index in [4.69, 9.17) is 29.2 Å². The van der Waals surface area contributed by atoms with E-state index in [1.165, 1.54) is 0 Å². The Morgan fingerprint density at radius 2 is 1.21 bits per heavy atom. The van der Waals surface area contributed by atoms with E-state index in [2.05, 4.69) is 10.0 Å². The van der Waals surface area contributed by atoms with Gasteiger partial charge in [-0.05, 0) is 5.53 Å². The van der Waals surface area contributed by atoms with Crippen molar-refractivity contribution < 1.29 is 28.5 Å². The van der Waals surface area contributed by atoms with Crippen LogP contribution in [0.4, 0.5) is 0 Å². The van der Waals surface area contributed by atoms with Gasteiger partial charge in [-0.1, -0.05) is 12.0 Å². The number of hydrogen-bond donors (Lipinski definition) is 0. The van der Waals surface area contributed by atoms with Crippen LogP contribution in [0, 0.1) is 0 Å². The largest absolute Gasteiger partial charge is 0.379 e. The molecule has 0 unspecified atom stereocenters. The highest BCUT2D eigenvalue weighted by atomic mass is 16.6. The molecular weight excluding hydrogens is 318 g/mol. The number of ether oxygens (including phenoxy) is 5. The van der Waals surface area contributed by atoms with Crippen LogP contribution in [-0.2, 0) is 28.5 Å². The molecule has 0 fully saturated rings. The molecule has 0 aliphatic heterocycles. The Labute approximate surface area is 143 Å². The van der Waals surface area contributed by atoms with Crippen LogP contribution in [0.2, 0.25) is 0 Å². The van der Waals surface area contributed by atoms with Crippen LogP contribution in [-0.4, -0.2) is 78.4 Å². The van der Waals surface area contributed by atoms with Crippen molar-refractivity contribution in [3.63, 3.8) is 0 Å². The predicted octanol–water partition coefficient (Wildman–Crippen LogP) is 1.75. The standard InChI is InChI=1S/C15H29N3O6/c1-2-15(19)3-5-20-7-9-22-11-13-24-14-12-23-10-8-21-6-4-17-18-16/h2-14H2,1H3. The number of carbonyl (C=O) groups excluding carboxylic acids is 1. The van der Waals surface area contributed by atoms with E-state index in [9.17, 15) is 4.79 Å². The second-order valence-electron chi connectivity index (χ2n) is 4.66. The zero-order chi connectivity index (χ0) is 17.7. The minimum atomic E-state index is 0.214. The lowest BCUT2D eigenvalue weighted by Gasteiger charge is -2.07. The first-order chi connectivity index (χ1) is 11.8. The molecular formula is C15H29N3O6. The molecule has 9 heteroatoms. The summed E-state index contributed by atoms with van der Waals surface area (Å²) in [6.45, 7) is 6.96. The minimum Gasteiger partial charge on any atom is -0.379 e. The molecule has 0 bridgehead atoms. The van der Waals surface area contributed by atoms with Gasteiger partial charge in [0.15, 0.2) is 0 Å². The van der Waals surface area contributed by atoms with E-state index in [-0.39, 0.29) is 5.78 Å². The van der Waals surface area contributed by atoms with Gasteiger partial charge in [-0.2, -0.15) is 0 Å². The van der Waals surface area contributed by atoms with Gasteiger partial charge in [-0.15, -0.1) is 0 Å². The van der Waals surface area contributed by atoms with Gasteiger partial charge in [0.25, 0.3) is 0 Å². The third-order valence-corrected chi connectivity index (χ3v) is 2.81. The molecule has 9 nitrogen and oxygen atoms in total. The summed E-state index contributed by atoms with van der Waals surface area (Å²) in [5.74, 6) is 0.214. The lowest BCUT2D eigenvalue weighted by molar-refractivity contribution is -0.120. The van der Waals surface area contributed by atoms with Gasteiger partial charge >= 0.3 is 0 Å². The molecule has 0 atom stereocenters. The summed E-state index contributed by atoms with van der Waals surface area (Å²) in [4.78, 5) is 13.6. The van der Waals surface area contributed by atoms with E-state index in [1.807, 2.05) is 6.92 Å². The molecule has 0 spiro atoms. The average molecular weight is 347 g/mol. The van der Waals surface area contributed by atoms with Crippen LogP contribution < -0.4 is 0 Å². The molecule has 140 valence electrons. The second-order valence-corrected chi connectivity index (χ2v) is 4.66. The highest BCUT2D eigenvalue weighted by Gasteiger charge is 1.97. The zero-order valence-corrected chi connectivity index (χ0v) is 14.5. The maximum absolute atomic E-state index is 11.0. The Morgan fingerprint density at radius 1 is 0.792 bits per heavy atom. The molecule has 0 N–H and O–H groups in total. The van der Waals surface area contributed by atoms with Crippen molar-refractivity contribution in [3.8, 4) is 0 Å². The molecule has 0 aromatic heterocycles. The van der Waals surface area contributed by atoms with Gasteiger partial charge < -0.3 is 23.7 Å². The van der Waals surface area contributed by atoms with Gasteiger partial charge in [0.2, 0.25) is 0 Å². The Kier molecular flexibility index (Phi) is 18.8. The first kappa shape index (κ1) is 22.8. The topological polar surface area (TPSA) is 112 Å². The fourth-order valence-electron chi connectivity index (χ4n) is 1.49. The van der Waals surface area contributed by atoms with E-state index in [0.29, 0.717) is 85.5 Å². The molecule has 0 rings (SSSR count). The molecule has 0 aromatic carbocycles. The van der Waals surface area contributed by atoms with Crippen LogP contribution in [0.15, 0.2) is 5.11 Å². The van der Waals surface area contributed by atoms with Crippen molar-refractivity contribution in [2.24, 2.45) is 5.11 Å². The van der Waals surface area contributed by atoms with Crippen molar-refractivity contribution in [2.75, 3.05) is 72.6 Å². The van der Waals surface area contributed by atoms with Crippen molar-refractivity contribution in [1.82, 2.24) is 0 Å². The molecule has 0 aliphatic rings. The molecule has 0 radical (unpaired) electrons. The quantitative estimate of drug-likeness (QED) is 0.152. The van der Waals surface area contributed by atoms with Gasteiger partial charge in [0.05, 0.1) is 66.1 Å². The van der Waals surface area contributed by atoms with Crippen molar-refractivity contribution in [1.29, 1.82) is 0 Å². The van der Waals surface area contributed by atoms with Crippen LogP contribution in [0.3, 0.4) is 0 Å². The summed E-state index contributed by atoms with van der Waals surface area (Å²) >= 11 is 0. The van der Waals surface area contributed by atoms with E-state index in [1.54, 1.807) is 0 Å². The number of carbonyl (C=O) groups is 1. The molecule has 0 aromatic rings. The summed E-state index contributed by atoms with van der Waals surface area (Å²) in [6.07, 6.45) is 1.03. The summed E-state index contributed by atoms with van der Waals surface area (Å²) in [5.41, 5.74) is 8.06. The Morgan fingerprint density at radius 3 is 1.62 bits per heavy atom. The maximum Gasteiger partial charge on any atom is 0.134 e. The summed E-state index contributed by atoms with van der Waals surface area (Å²) in [7, 11) is 0. The van der Waals surface area contributed by atoms with Crippen molar-refractivity contribution >= 4 is 5.78 Å². The average Bonchev–Trinajstić information content (AvgIpc) is 2.60. The summed E-state index contributed by atoms with van der Waals surface area (Å²) in [5, 5.41) is 3.35. The third kappa shape index (κ3) is 18.8. The summed E-state index contributed by atoms with van der Waals surface area (Å²) in [6, 6.07) is 0. The molecule has 0 saturated carbocycles. The molecule has 0 saturated heterocycles. The molecule has 0 amide bonds. The van der Waals surface area contributed by atoms with Gasteiger partial charge in [0.1, 0.15) is 5.78 Å². The first-order valence-electron chi connectivity index (χ1n) is 8.22. The van der Waals surface area contributed by atoms with Crippen LogP contribution >= 0.6 is 0 Å². The minimum absolute atomic E-state index is 0.214. The highest BCUT2D eigenvalue weighted by molar-refractivity contribution is 5.78. The van der Waals surface area contributed by atoms with E-state index >= 15 is 0 Å². The smallest absolute Gasteiger partial charge is 0.134 e. The van der Waals surface area contributed by atoms with Crippen LogP contribution in [0.25, 0.3) is 10.4 Å². The van der Waals surface area contributed by atoms with Crippen molar-refractivity contribution in [2.45, 2.75) is 19.8 Å². The zero-order valence-electron chi connectivity index (χ0n) is 14.5. The molecule has 0 heterocycles. The Hall–Kier alpha value is -1.22. The van der Waals surface area contributed by atoms with Crippen LogP contribution in [0.5, 0.6) is 0 Å². The van der Waals surface area contributed by atoms with E-state index < -0.39 is 0 Å². The number of nitrogens with zero attached hydrogens (tertiary/aromatic N) is 3. The Balaban J connectivity index is 3.02. The normalized spacial score (nSPS) is 10.5. The maximum atomic E-state index is 11.0. The SMILES string of the molecule is CCC(=O)CCOCCOCCOCCOCCOCCN=[N+]=[N-]. The number of Topliss-reactive ketones (excluding diaryl/α,β-unsaturated/α-hetero) is 1. The third-order valence-electron chi connectivity index (χ3n) is 2.81. The number of ketones is 1. The molecule has 0 aliphatic carbocycles. The first-order valence-corrected chi connectivity index (χ1v) is 8.22. The fourth-order valence-corrected chi connectivity index (χ4v) is 1.49. The fraction of sp³-hybridized carbons (Fsp3) is 0.933. The summed E-state index contributed by atoms with van der Waals surface area (Å²) < 4.78 is 26.4. The monoisotopic (exact) mass is 347 g/mol. The van der Waals surface area contributed by atoms with Crippen LogP contribution in [0.1, 0.15) is 19.8 Å². The Bertz CT molecular complexity index is 337. The lowest BCUT2D eigenvalue weighted by atomic mass is 10.2. The van der Waals surface area contributed by atoms with Gasteiger partial charge in [-0.3, -0.25) is 4.79 Å². The number of azide groups is 1.